The van der Waals surface area contributed by atoms with Gasteiger partial charge in [0.2, 0.25) is 9.84 Å². The zero-order valence-corrected chi connectivity index (χ0v) is 8.66. The molecule has 0 unspecified atom stereocenters. The molecule has 76 valence electrons. The second kappa shape index (κ2) is 3.94. The average Bonchev–Trinajstić information content (AvgIpc) is 2.18. The fraction of sp³-hybridized carbons (Fsp3) is 0.200. The Balaban J connectivity index is 3.17. The van der Waals surface area contributed by atoms with Crippen LogP contribution in [0.15, 0.2) is 46.7 Å². The lowest BCUT2D eigenvalue weighted by Gasteiger charge is -2.09. The second-order valence-corrected chi connectivity index (χ2v) is 4.96. The first kappa shape index (κ1) is 10.9. The molecule has 0 aliphatic heterocycles. The average molecular weight is 212 g/mol. The molecule has 0 bridgehead atoms. The largest absolute Gasteiger partial charge is 0.388 e. The predicted molar refractivity (Wildman–Crippen MR) is 54.4 cm³/mol. The van der Waals surface area contributed by atoms with E-state index in [4.69, 9.17) is 5.11 Å². The molecule has 0 spiro atoms. The summed E-state index contributed by atoms with van der Waals surface area (Å²) in [7, 11) is -3.58. The van der Waals surface area contributed by atoms with Gasteiger partial charge in [0.05, 0.1) is 15.9 Å². The lowest BCUT2D eigenvalue weighted by Crippen LogP contribution is -2.14. The number of aliphatic hydroxyl groups excluding tert-OH is 1. The highest BCUT2D eigenvalue weighted by atomic mass is 32.2. The van der Waals surface area contributed by atoms with E-state index in [1.54, 1.807) is 18.2 Å². The van der Waals surface area contributed by atoms with E-state index in [1.807, 2.05) is 0 Å². The molecule has 14 heavy (non-hydrogen) atoms. The molecular formula is C10H12O3S. The van der Waals surface area contributed by atoms with Crippen molar-refractivity contribution >= 4 is 9.84 Å². The van der Waals surface area contributed by atoms with Gasteiger partial charge in [0, 0.05) is 0 Å². The Labute approximate surface area is 83.6 Å². The van der Waals surface area contributed by atoms with Gasteiger partial charge in [-0.1, -0.05) is 24.8 Å². The third kappa shape index (κ3) is 2.02. The highest BCUT2D eigenvalue weighted by Crippen LogP contribution is 2.19. The van der Waals surface area contributed by atoms with Crippen LogP contribution in [0.2, 0.25) is 0 Å². The van der Waals surface area contributed by atoms with Gasteiger partial charge >= 0.3 is 0 Å². The van der Waals surface area contributed by atoms with E-state index in [0.29, 0.717) is 0 Å². The Bertz CT molecular complexity index is 418. The molecule has 3 nitrogen and oxygen atoms in total. The van der Waals surface area contributed by atoms with E-state index >= 15 is 0 Å². The third-order valence-electron chi connectivity index (χ3n) is 1.86. The maximum Gasteiger partial charge on any atom is 0.204 e. The van der Waals surface area contributed by atoms with Gasteiger partial charge in [0.15, 0.2) is 0 Å². The molecule has 1 aromatic rings. The highest BCUT2D eigenvalue weighted by Gasteiger charge is 2.21. The molecule has 0 heterocycles. The summed E-state index contributed by atoms with van der Waals surface area (Å²) in [5.74, 6) is 0. The van der Waals surface area contributed by atoms with E-state index < -0.39 is 15.9 Å². The van der Waals surface area contributed by atoms with Crippen molar-refractivity contribution < 1.29 is 13.5 Å². The predicted octanol–water partition coefficient (Wildman–Crippen LogP) is 1.35. The third-order valence-corrected chi connectivity index (χ3v) is 3.79. The van der Waals surface area contributed by atoms with Crippen LogP contribution in [0.4, 0.5) is 0 Å². The highest BCUT2D eigenvalue weighted by molar-refractivity contribution is 7.95. The summed E-state index contributed by atoms with van der Waals surface area (Å²) in [5.41, 5.74) is 0. The molecule has 0 aromatic heterocycles. The van der Waals surface area contributed by atoms with E-state index in [-0.39, 0.29) is 9.80 Å². The van der Waals surface area contributed by atoms with Gasteiger partial charge in [-0.3, -0.25) is 0 Å². The van der Waals surface area contributed by atoms with Gasteiger partial charge in [0.1, 0.15) is 0 Å². The monoisotopic (exact) mass is 212 g/mol. The van der Waals surface area contributed by atoms with Crippen molar-refractivity contribution in [2.45, 2.75) is 17.9 Å². The molecule has 0 saturated carbocycles. The first-order valence-electron chi connectivity index (χ1n) is 4.13. The van der Waals surface area contributed by atoms with E-state index in [0.717, 1.165) is 0 Å². The van der Waals surface area contributed by atoms with Crippen molar-refractivity contribution in [1.29, 1.82) is 0 Å². The van der Waals surface area contributed by atoms with E-state index in [1.165, 1.54) is 19.1 Å². The topological polar surface area (TPSA) is 54.4 Å². The fourth-order valence-electron chi connectivity index (χ4n) is 0.976. The molecule has 0 radical (unpaired) electrons. The normalized spacial score (nSPS) is 13.6. The van der Waals surface area contributed by atoms with Crippen molar-refractivity contribution in [2.24, 2.45) is 0 Å². The number of aliphatic hydroxyl groups is 1. The molecule has 0 aliphatic rings. The van der Waals surface area contributed by atoms with Crippen molar-refractivity contribution in [3.05, 3.63) is 41.8 Å². The minimum Gasteiger partial charge on any atom is -0.388 e. The van der Waals surface area contributed by atoms with Crippen LogP contribution < -0.4 is 0 Å². The van der Waals surface area contributed by atoms with Crippen molar-refractivity contribution in [1.82, 2.24) is 0 Å². The number of hydrogen-bond donors (Lipinski definition) is 1. The minimum absolute atomic E-state index is 0.158. The zero-order valence-electron chi connectivity index (χ0n) is 7.84. The quantitative estimate of drug-likeness (QED) is 0.823. The summed E-state index contributed by atoms with van der Waals surface area (Å²) in [5, 5.41) is 9.14. The maximum atomic E-state index is 11.7. The van der Waals surface area contributed by atoms with Gasteiger partial charge in [-0.05, 0) is 19.1 Å². The SMILES string of the molecule is C=C([C@H](C)O)S(=O)(=O)c1ccccc1. The Morgan fingerprint density at radius 2 is 1.86 bits per heavy atom. The van der Waals surface area contributed by atoms with Crippen LogP contribution >= 0.6 is 0 Å². The lowest BCUT2D eigenvalue weighted by molar-refractivity contribution is 0.239. The Kier molecular flexibility index (Phi) is 3.08. The van der Waals surface area contributed by atoms with Gasteiger partial charge in [-0.15, -0.1) is 0 Å². The van der Waals surface area contributed by atoms with Crippen LogP contribution in [0.5, 0.6) is 0 Å². The van der Waals surface area contributed by atoms with Crippen molar-refractivity contribution in [3.8, 4) is 0 Å². The van der Waals surface area contributed by atoms with Gasteiger partial charge < -0.3 is 5.11 Å². The number of rotatable bonds is 3. The van der Waals surface area contributed by atoms with Crippen molar-refractivity contribution in [2.75, 3.05) is 0 Å². The smallest absolute Gasteiger partial charge is 0.204 e. The molecule has 0 saturated heterocycles. The molecule has 1 aromatic carbocycles. The van der Waals surface area contributed by atoms with Crippen LogP contribution in [-0.4, -0.2) is 19.6 Å². The zero-order chi connectivity index (χ0) is 10.8. The standard InChI is InChI=1S/C10H12O3S/c1-8(11)9(2)14(12,13)10-6-4-3-5-7-10/h3-8,11H,2H2,1H3/t8-/m0/s1. The Morgan fingerprint density at radius 3 is 2.29 bits per heavy atom. The van der Waals surface area contributed by atoms with E-state index in [9.17, 15) is 8.42 Å². The maximum absolute atomic E-state index is 11.7. The van der Waals surface area contributed by atoms with Gasteiger partial charge in [-0.25, -0.2) is 8.42 Å². The summed E-state index contributed by atoms with van der Waals surface area (Å²) in [6.07, 6.45) is -1.06. The van der Waals surface area contributed by atoms with Crippen LogP contribution in [-0.2, 0) is 9.84 Å². The molecule has 0 amide bonds. The van der Waals surface area contributed by atoms with Crippen LogP contribution in [0.1, 0.15) is 6.92 Å². The van der Waals surface area contributed by atoms with Gasteiger partial charge in [-0.2, -0.15) is 0 Å². The van der Waals surface area contributed by atoms with Gasteiger partial charge in [0.25, 0.3) is 0 Å². The molecule has 1 rings (SSSR count). The minimum atomic E-state index is -3.58. The Hall–Kier alpha value is -1.13. The summed E-state index contributed by atoms with van der Waals surface area (Å²) < 4.78 is 23.4. The molecule has 1 N–H and O–H groups in total. The molecule has 1 atom stereocenters. The molecular weight excluding hydrogens is 200 g/mol. The number of hydrogen-bond acceptors (Lipinski definition) is 3. The summed E-state index contributed by atoms with van der Waals surface area (Å²) >= 11 is 0. The van der Waals surface area contributed by atoms with E-state index in [2.05, 4.69) is 6.58 Å². The van der Waals surface area contributed by atoms with Crippen LogP contribution in [0.3, 0.4) is 0 Å². The van der Waals surface area contributed by atoms with Crippen LogP contribution in [0.25, 0.3) is 0 Å². The molecule has 4 heteroatoms. The number of benzene rings is 1. The first-order valence-corrected chi connectivity index (χ1v) is 5.61. The van der Waals surface area contributed by atoms with Crippen molar-refractivity contribution in [3.63, 3.8) is 0 Å². The fourth-order valence-corrected chi connectivity index (χ4v) is 2.24. The lowest BCUT2D eigenvalue weighted by atomic mass is 10.4. The summed E-state index contributed by atoms with van der Waals surface area (Å²) in [6, 6.07) is 7.93. The molecule has 0 aliphatic carbocycles. The van der Waals surface area contributed by atoms with Crippen LogP contribution in [0, 0.1) is 0 Å². The first-order chi connectivity index (χ1) is 6.46. The molecule has 0 fully saturated rings. The summed E-state index contributed by atoms with van der Waals surface area (Å²) in [6.45, 7) is 4.74. The Morgan fingerprint density at radius 1 is 1.36 bits per heavy atom. The summed E-state index contributed by atoms with van der Waals surface area (Å²) in [4.78, 5) is -0.0189. The second-order valence-electron chi connectivity index (χ2n) is 2.96. The number of sulfone groups is 1.